The van der Waals surface area contributed by atoms with Gasteiger partial charge in [-0.1, -0.05) is 95.3 Å². The first kappa shape index (κ1) is 32.0. The maximum atomic E-state index is 12.1. The second-order valence-electron chi connectivity index (χ2n) is 16.0. The smallest absolute Gasteiger partial charge is 0.303 e. The highest BCUT2D eigenvalue weighted by atomic mass is 28.4. The Morgan fingerprint density at radius 1 is 0.932 bits per heavy atom. The summed E-state index contributed by atoms with van der Waals surface area (Å²) in [5.74, 6) is 2.16. The van der Waals surface area contributed by atoms with Gasteiger partial charge in [0.2, 0.25) is 0 Å². The summed E-state index contributed by atoms with van der Waals surface area (Å²) in [4.78, 5) is 12.1. The highest BCUT2D eigenvalue weighted by Gasteiger charge is 2.66. The van der Waals surface area contributed by atoms with Crippen LogP contribution in [0.25, 0.3) is 0 Å². The van der Waals surface area contributed by atoms with E-state index in [1.165, 1.54) is 23.7 Å². The number of rotatable bonds is 7. The third kappa shape index (κ3) is 5.32. The van der Waals surface area contributed by atoms with E-state index >= 15 is 0 Å². The number of ether oxygens (including phenoxy) is 3. The number of hydrogen-bond acceptors (Lipinski definition) is 5. The molecule has 0 spiro atoms. The maximum absolute atomic E-state index is 12.1. The number of fused-ring (bicyclic) bond motifs is 8. The van der Waals surface area contributed by atoms with Crippen LogP contribution in [-0.4, -0.2) is 50.4 Å². The summed E-state index contributed by atoms with van der Waals surface area (Å²) in [7, 11) is -2.66. The van der Waals surface area contributed by atoms with Crippen LogP contribution in [0.5, 0.6) is 0 Å². The molecule has 2 aromatic rings. The summed E-state index contributed by atoms with van der Waals surface area (Å²) in [6, 6.07) is 22.0. The van der Waals surface area contributed by atoms with Gasteiger partial charge < -0.3 is 18.6 Å². The number of benzene rings is 2. The Morgan fingerprint density at radius 2 is 1.55 bits per heavy atom. The molecule has 3 saturated heterocycles. The van der Waals surface area contributed by atoms with Crippen LogP contribution in [0, 0.1) is 29.6 Å². The maximum Gasteiger partial charge on any atom is 0.303 e. The Bertz CT molecular complexity index is 1270. The SMILES string of the molecule is CC(=O)O[C@H]1CC[C@@]2(C)O[C@]1(C)C[C@H]1O[C@@H]2[C@H]2[C@@H]1[C@H](CO[Si](c1ccccc1)(c1ccccc1)C(C)(C)C)CC[C@@H]2C(C)C. The Balaban J connectivity index is 1.38. The van der Waals surface area contributed by atoms with Crippen LogP contribution < -0.4 is 10.4 Å². The molecule has 3 heterocycles. The van der Waals surface area contributed by atoms with Gasteiger partial charge in [-0.05, 0) is 84.5 Å². The predicted molar refractivity (Wildman–Crippen MR) is 178 cm³/mol. The number of carbonyl (C=O) groups excluding carboxylic acids is 1. The zero-order valence-electron chi connectivity index (χ0n) is 28.2. The van der Waals surface area contributed by atoms with Crippen molar-refractivity contribution >= 4 is 24.7 Å². The van der Waals surface area contributed by atoms with Crippen LogP contribution in [0.4, 0.5) is 0 Å². The van der Waals surface area contributed by atoms with E-state index in [-0.39, 0.29) is 29.3 Å². The molecule has 0 radical (unpaired) electrons. The van der Waals surface area contributed by atoms with Gasteiger partial charge in [0.25, 0.3) is 8.32 Å². The van der Waals surface area contributed by atoms with Crippen molar-refractivity contribution in [1.29, 1.82) is 0 Å². The molecule has 0 amide bonds. The summed E-state index contributed by atoms with van der Waals surface area (Å²) in [5, 5.41) is 2.60. The molecule has 1 saturated carbocycles. The van der Waals surface area contributed by atoms with Crippen LogP contribution in [0.2, 0.25) is 5.04 Å². The molecular weight excluding hydrogens is 564 g/mol. The van der Waals surface area contributed by atoms with E-state index in [0.29, 0.717) is 29.6 Å². The highest BCUT2D eigenvalue weighted by molar-refractivity contribution is 6.99. The van der Waals surface area contributed by atoms with Crippen LogP contribution >= 0.6 is 0 Å². The third-order valence-corrected chi connectivity index (χ3v) is 16.8. The average Bonchev–Trinajstić information content (AvgIpc) is 3.30. The molecule has 3 aliphatic heterocycles. The van der Waals surface area contributed by atoms with E-state index in [1.54, 1.807) is 0 Å². The lowest BCUT2D eigenvalue weighted by Crippen LogP contribution is -2.67. The molecule has 1 aliphatic carbocycles. The highest BCUT2D eigenvalue weighted by Crippen LogP contribution is 2.60. The number of esters is 1. The second kappa shape index (κ2) is 11.7. The predicted octanol–water partition coefficient (Wildman–Crippen LogP) is 6.91. The molecule has 9 atom stereocenters. The fourth-order valence-electron chi connectivity index (χ4n) is 9.97. The van der Waals surface area contributed by atoms with Gasteiger partial charge in [0.05, 0.1) is 17.8 Å². The van der Waals surface area contributed by atoms with Crippen molar-refractivity contribution in [2.24, 2.45) is 29.6 Å². The van der Waals surface area contributed by atoms with Gasteiger partial charge >= 0.3 is 5.97 Å². The molecule has 5 nitrogen and oxygen atoms in total. The average molecular weight is 619 g/mol. The van der Waals surface area contributed by atoms with Crippen LogP contribution in [0.1, 0.15) is 87.5 Å². The van der Waals surface area contributed by atoms with E-state index in [9.17, 15) is 4.79 Å². The topological polar surface area (TPSA) is 54.0 Å². The minimum absolute atomic E-state index is 0.0423. The molecule has 44 heavy (non-hydrogen) atoms. The molecule has 4 fully saturated rings. The minimum atomic E-state index is -2.66. The van der Waals surface area contributed by atoms with Crippen LogP contribution in [0.15, 0.2) is 60.7 Å². The van der Waals surface area contributed by atoms with Crippen molar-refractivity contribution in [1.82, 2.24) is 0 Å². The van der Waals surface area contributed by atoms with Crippen LogP contribution in [0.3, 0.4) is 0 Å². The van der Waals surface area contributed by atoms with E-state index in [1.807, 2.05) is 0 Å². The number of hydrogen-bond donors (Lipinski definition) is 0. The van der Waals surface area contributed by atoms with E-state index in [4.69, 9.17) is 18.6 Å². The molecule has 2 aromatic carbocycles. The number of carbonyl (C=O) groups is 1. The molecule has 0 unspecified atom stereocenters. The molecule has 4 aliphatic rings. The van der Waals surface area contributed by atoms with Crippen molar-refractivity contribution in [2.45, 2.75) is 122 Å². The Morgan fingerprint density at radius 3 is 2.09 bits per heavy atom. The lowest BCUT2D eigenvalue weighted by atomic mass is 9.57. The monoisotopic (exact) mass is 618 g/mol. The lowest BCUT2D eigenvalue weighted by Gasteiger charge is -2.55. The first-order valence-corrected chi connectivity index (χ1v) is 19.0. The molecule has 6 rings (SSSR count). The minimum Gasteiger partial charge on any atom is -0.459 e. The van der Waals surface area contributed by atoms with Crippen LogP contribution in [-0.2, 0) is 23.4 Å². The van der Waals surface area contributed by atoms with Gasteiger partial charge in [0.1, 0.15) is 11.7 Å². The second-order valence-corrected chi connectivity index (χ2v) is 20.3. The quantitative estimate of drug-likeness (QED) is 0.249. The van der Waals surface area contributed by atoms with Gasteiger partial charge in [-0.2, -0.15) is 0 Å². The molecular formula is C38H54O5Si. The van der Waals surface area contributed by atoms with Gasteiger partial charge in [-0.25, -0.2) is 0 Å². The van der Waals surface area contributed by atoms with Crippen molar-refractivity contribution in [3.63, 3.8) is 0 Å². The summed E-state index contributed by atoms with van der Waals surface area (Å²) < 4.78 is 27.7. The van der Waals surface area contributed by atoms with Crippen molar-refractivity contribution in [3.05, 3.63) is 60.7 Å². The zero-order valence-corrected chi connectivity index (χ0v) is 29.2. The van der Waals surface area contributed by atoms with Crippen molar-refractivity contribution in [3.8, 4) is 0 Å². The standard InChI is InChI=1S/C38H54O5Si/c1-25(2)30-20-19-27(24-40-44(36(4,5)6,28-15-11-9-12-16-28)29-17-13-10-14-18-29)33-31-23-38(8)32(41-26(3)39)21-22-37(7,43-38)35(42-31)34(30)33/h9-18,25,27,30-35H,19-24H2,1-8H3/t27-,30+,31+,32-,33+,34+,35+,37+,38+/m0/s1. The molecule has 4 bridgehead atoms. The summed E-state index contributed by atoms with van der Waals surface area (Å²) in [6.45, 7) is 18.5. The molecule has 240 valence electrons. The van der Waals surface area contributed by atoms with E-state index in [2.05, 4.69) is 109 Å². The van der Waals surface area contributed by atoms with Gasteiger partial charge in [0, 0.05) is 20.0 Å². The Labute approximate surface area is 266 Å². The van der Waals surface area contributed by atoms with Gasteiger partial charge in [0.15, 0.2) is 0 Å². The third-order valence-electron chi connectivity index (χ3n) is 11.8. The fraction of sp³-hybridized carbons (Fsp3) is 0.658. The fourth-order valence-corrected chi connectivity index (χ4v) is 14.6. The van der Waals surface area contributed by atoms with Crippen molar-refractivity contribution in [2.75, 3.05) is 6.61 Å². The van der Waals surface area contributed by atoms with Gasteiger partial charge in [-0.3, -0.25) is 4.79 Å². The Hall–Kier alpha value is -1.99. The summed E-state index contributed by atoms with van der Waals surface area (Å²) >= 11 is 0. The first-order chi connectivity index (χ1) is 20.8. The van der Waals surface area contributed by atoms with E-state index in [0.717, 1.165) is 32.3 Å². The van der Waals surface area contributed by atoms with E-state index < -0.39 is 19.5 Å². The molecule has 0 aromatic heterocycles. The lowest BCUT2D eigenvalue weighted by molar-refractivity contribution is -0.253. The largest absolute Gasteiger partial charge is 0.459 e. The zero-order chi connectivity index (χ0) is 31.5. The molecule has 0 N–H and O–H groups in total. The summed E-state index contributed by atoms with van der Waals surface area (Å²) in [6.07, 6.45) is 4.62. The summed E-state index contributed by atoms with van der Waals surface area (Å²) in [5.41, 5.74) is -0.954. The Kier molecular flexibility index (Phi) is 8.48. The first-order valence-electron chi connectivity index (χ1n) is 17.1. The normalized spacial score (nSPS) is 36.9. The van der Waals surface area contributed by atoms with Crippen molar-refractivity contribution < 1.29 is 23.4 Å². The van der Waals surface area contributed by atoms with Gasteiger partial charge in [-0.15, -0.1) is 0 Å². The molecule has 6 heteroatoms.